The maximum atomic E-state index is 5.70. The van der Waals surface area contributed by atoms with E-state index in [-0.39, 0.29) is 0 Å². The van der Waals surface area contributed by atoms with Crippen molar-refractivity contribution < 1.29 is 0 Å². The summed E-state index contributed by atoms with van der Waals surface area (Å²) in [6.45, 7) is 4.25. The predicted octanol–water partition coefficient (Wildman–Crippen LogP) is 4.07. The Kier molecular flexibility index (Phi) is 2.75. The average Bonchev–Trinajstić information content (AvgIpc) is 2.62. The number of thiophene rings is 1. The molecule has 0 bridgehead atoms. The Balaban J connectivity index is 2.32. The van der Waals surface area contributed by atoms with Crippen LogP contribution in [0.25, 0.3) is 10.1 Å². The van der Waals surface area contributed by atoms with Gasteiger partial charge in [-0.05, 0) is 22.9 Å². The van der Waals surface area contributed by atoms with Crippen molar-refractivity contribution in [3.05, 3.63) is 41.3 Å². The maximum Gasteiger partial charge on any atom is 0.0574 e. The molecule has 1 heterocycles. The summed E-state index contributed by atoms with van der Waals surface area (Å²) in [5.41, 5.74) is 1.12. The first kappa shape index (κ1) is 9.56. The molecule has 0 atom stereocenters. The van der Waals surface area contributed by atoms with Crippen LogP contribution in [0, 0.1) is 0 Å². The van der Waals surface area contributed by atoms with Crippen molar-refractivity contribution in [3.8, 4) is 0 Å². The highest BCUT2D eigenvalue weighted by Crippen LogP contribution is 2.28. The standard InChI is InChI=1S/C11H10ClNS/c1-8(12)7-13-10-4-2-3-9-5-6-14-11(9)10/h2-6,13H,1,7H2. The minimum Gasteiger partial charge on any atom is -0.379 e. The van der Waals surface area contributed by atoms with Crippen LogP contribution in [-0.2, 0) is 0 Å². The highest BCUT2D eigenvalue weighted by Gasteiger charge is 2.00. The molecule has 0 spiro atoms. The normalized spacial score (nSPS) is 10.4. The Labute approximate surface area is 92.0 Å². The van der Waals surface area contributed by atoms with Crippen molar-refractivity contribution in [1.29, 1.82) is 0 Å². The van der Waals surface area contributed by atoms with Crippen molar-refractivity contribution in [1.82, 2.24) is 0 Å². The zero-order chi connectivity index (χ0) is 9.97. The third-order valence-electron chi connectivity index (χ3n) is 1.95. The minimum absolute atomic E-state index is 0.610. The second kappa shape index (κ2) is 4.03. The number of halogens is 1. The molecule has 0 amide bonds. The number of hydrogen-bond acceptors (Lipinski definition) is 2. The van der Waals surface area contributed by atoms with E-state index in [1.165, 1.54) is 10.1 Å². The number of hydrogen-bond donors (Lipinski definition) is 1. The van der Waals surface area contributed by atoms with E-state index in [0.29, 0.717) is 11.6 Å². The maximum absolute atomic E-state index is 5.70. The van der Waals surface area contributed by atoms with Gasteiger partial charge in [-0.25, -0.2) is 0 Å². The van der Waals surface area contributed by atoms with Gasteiger partial charge in [0.1, 0.15) is 0 Å². The molecule has 0 fully saturated rings. The van der Waals surface area contributed by atoms with E-state index in [4.69, 9.17) is 11.6 Å². The number of fused-ring (bicyclic) bond motifs is 1. The van der Waals surface area contributed by atoms with E-state index in [0.717, 1.165) is 5.69 Å². The van der Waals surface area contributed by atoms with Gasteiger partial charge in [0, 0.05) is 5.03 Å². The first-order valence-electron chi connectivity index (χ1n) is 4.31. The molecule has 0 aliphatic carbocycles. The molecule has 1 N–H and O–H groups in total. The second-order valence-electron chi connectivity index (χ2n) is 3.02. The van der Waals surface area contributed by atoms with Gasteiger partial charge in [-0.3, -0.25) is 0 Å². The Bertz CT molecular complexity index is 461. The van der Waals surface area contributed by atoms with Gasteiger partial charge in [-0.15, -0.1) is 11.3 Å². The zero-order valence-corrected chi connectivity index (χ0v) is 9.16. The number of nitrogens with one attached hydrogen (secondary N) is 1. The second-order valence-corrected chi connectivity index (χ2v) is 4.47. The topological polar surface area (TPSA) is 12.0 Å². The fourth-order valence-corrected chi connectivity index (χ4v) is 2.28. The largest absolute Gasteiger partial charge is 0.379 e. The molecule has 2 aromatic rings. The van der Waals surface area contributed by atoms with E-state index >= 15 is 0 Å². The molecule has 72 valence electrons. The van der Waals surface area contributed by atoms with Crippen LogP contribution >= 0.6 is 22.9 Å². The van der Waals surface area contributed by atoms with E-state index in [1.54, 1.807) is 11.3 Å². The molecular weight excluding hydrogens is 214 g/mol. The van der Waals surface area contributed by atoms with Gasteiger partial charge >= 0.3 is 0 Å². The van der Waals surface area contributed by atoms with Crippen molar-refractivity contribution >= 4 is 38.7 Å². The first-order valence-corrected chi connectivity index (χ1v) is 5.56. The fraction of sp³-hybridized carbons (Fsp3) is 0.0909. The Hall–Kier alpha value is -0.990. The molecule has 1 nitrogen and oxygen atoms in total. The molecule has 0 aliphatic heterocycles. The summed E-state index contributed by atoms with van der Waals surface area (Å²) < 4.78 is 1.27. The van der Waals surface area contributed by atoms with Crippen molar-refractivity contribution in [2.45, 2.75) is 0 Å². The molecule has 0 radical (unpaired) electrons. The SMILES string of the molecule is C=C(Cl)CNc1cccc2ccsc12. The third kappa shape index (κ3) is 1.91. The summed E-state index contributed by atoms with van der Waals surface area (Å²) in [6.07, 6.45) is 0. The molecule has 1 aromatic carbocycles. The highest BCUT2D eigenvalue weighted by atomic mass is 35.5. The fourth-order valence-electron chi connectivity index (χ4n) is 1.32. The summed E-state index contributed by atoms with van der Waals surface area (Å²) in [4.78, 5) is 0. The van der Waals surface area contributed by atoms with Gasteiger partial charge in [0.15, 0.2) is 0 Å². The zero-order valence-electron chi connectivity index (χ0n) is 7.59. The van der Waals surface area contributed by atoms with Crippen molar-refractivity contribution in [2.24, 2.45) is 0 Å². The van der Waals surface area contributed by atoms with E-state index in [1.807, 2.05) is 6.07 Å². The molecule has 14 heavy (non-hydrogen) atoms. The number of anilines is 1. The van der Waals surface area contributed by atoms with Crippen molar-refractivity contribution in [2.75, 3.05) is 11.9 Å². The summed E-state index contributed by atoms with van der Waals surface area (Å²) >= 11 is 7.43. The third-order valence-corrected chi connectivity index (χ3v) is 3.05. The van der Waals surface area contributed by atoms with Crippen LogP contribution in [0.1, 0.15) is 0 Å². The lowest BCUT2D eigenvalue weighted by atomic mass is 10.2. The first-order chi connectivity index (χ1) is 6.77. The highest BCUT2D eigenvalue weighted by molar-refractivity contribution is 7.17. The molecule has 0 saturated carbocycles. The Morgan fingerprint density at radius 1 is 1.43 bits per heavy atom. The van der Waals surface area contributed by atoms with Crippen LogP contribution in [0.15, 0.2) is 41.3 Å². The Morgan fingerprint density at radius 3 is 3.07 bits per heavy atom. The molecule has 0 unspecified atom stereocenters. The molecule has 0 saturated heterocycles. The average molecular weight is 224 g/mol. The molecule has 0 aliphatic rings. The van der Waals surface area contributed by atoms with Crippen LogP contribution in [0.3, 0.4) is 0 Å². The predicted molar refractivity (Wildman–Crippen MR) is 65.3 cm³/mol. The van der Waals surface area contributed by atoms with Gasteiger partial charge < -0.3 is 5.32 Å². The Morgan fingerprint density at radius 2 is 2.29 bits per heavy atom. The van der Waals surface area contributed by atoms with Gasteiger partial charge in [0.2, 0.25) is 0 Å². The molecule has 2 rings (SSSR count). The molecule has 3 heteroatoms. The van der Waals surface area contributed by atoms with Crippen LogP contribution < -0.4 is 5.32 Å². The smallest absolute Gasteiger partial charge is 0.0574 e. The van der Waals surface area contributed by atoms with Crippen LogP contribution in [0.5, 0.6) is 0 Å². The van der Waals surface area contributed by atoms with Crippen LogP contribution in [0.4, 0.5) is 5.69 Å². The number of benzene rings is 1. The lowest BCUT2D eigenvalue weighted by molar-refractivity contribution is 1.33. The lowest BCUT2D eigenvalue weighted by Crippen LogP contribution is -2.00. The summed E-state index contributed by atoms with van der Waals surface area (Å²) in [5, 5.41) is 7.23. The lowest BCUT2D eigenvalue weighted by Gasteiger charge is -2.05. The van der Waals surface area contributed by atoms with Gasteiger partial charge in [-0.1, -0.05) is 30.3 Å². The van der Waals surface area contributed by atoms with Crippen molar-refractivity contribution in [3.63, 3.8) is 0 Å². The minimum atomic E-state index is 0.610. The summed E-state index contributed by atoms with van der Waals surface area (Å²) in [5.74, 6) is 0. The monoisotopic (exact) mass is 223 g/mol. The van der Waals surface area contributed by atoms with Gasteiger partial charge in [0.05, 0.1) is 16.9 Å². The number of rotatable bonds is 3. The van der Waals surface area contributed by atoms with Crippen LogP contribution in [0.2, 0.25) is 0 Å². The van der Waals surface area contributed by atoms with Crippen LogP contribution in [-0.4, -0.2) is 6.54 Å². The quantitative estimate of drug-likeness (QED) is 0.827. The van der Waals surface area contributed by atoms with Gasteiger partial charge in [0.25, 0.3) is 0 Å². The molecule has 1 aromatic heterocycles. The summed E-state index contributed by atoms with van der Waals surface area (Å²) in [7, 11) is 0. The summed E-state index contributed by atoms with van der Waals surface area (Å²) in [6, 6.07) is 8.31. The van der Waals surface area contributed by atoms with E-state index < -0.39 is 0 Å². The van der Waals surface area contributed by atoms with E-state index in [2.05, 4.69) is 35.5 Å². The van der Waals surface area contributed by atoms with Gasteiger partial charge in [-0.2, -0.15) is 0 Å². The van der Waals surface area contributed by atoms with E-state index in [9.17, 15) is 0 Å². The molecular formula is C11H10ClNS.